The van der Waals surface area contributed by atoms with Crippen molar-refractivity contribution in [2.45, 2.75) is 20.4 Å². The molecule has 0 aliphatic heterocycles. The molecule has 2 rings (SSSR count). The molecule has 0 bridgehead atoms. The van der Waals surface area contributed by atoms with Crippen molar-refractivity contribution in [3.05, 3.63) is 44.3 Å². The van der Waals surface area contributed by atoms with Gasteiger partial charge in [-0.1, -0.05) is 15.9 Å². The van der Waals surface area contributed by atoms with Crippen molar-refractivity contribution in [2.75, 3.05) is 5.32 Å². The molecule has 0 saturated carbocycles. The van der Waals surface area contributed by atoms with Crippen LogP contribution in [0.1, 0.15) is 16.0 Å². The lowest BCUT2D eigenvalue weighted by atomic mass is 10.1. The number of rotatable bonds is 3. The van der Waals surface area contributed by atoms with Crippen molar-refractivity contribution < 1.29 is 0 Å². The molecule has 2 nitrogen and oxygen atoms in total. The summed E-state index contributed by atoms with van der Waals surface area (Å²) in [6, 6.07) is 4.30. The third kappa shape index (κ3) is 2.62. The Morgan fingerprint density at radius 2 is 2.00 bits per heavy atom. The molecule has 0 saturated heterocycles. The predicted octanol–water partition coefficient (Wildman–Crippen LogP) is 4.13. The molecule has 1 N–H and O–H groups in total. The summed E-state index contributed by atoms with van der Waals surface area (Å²) in [5.74, 6) is 0. The van der Waals surface area contributed by atoms with Crippen molar-refractivity contribution in [1.29, 1.82) is 0 Å². The molecule has 16 heavy (non-hydrogen) atoms. The quantitative estimate of drug-likeness (QED) is 0.921. The van der Waals surface area contributed by atoms with Gasteiger partial charge in [-0.2, -0.15) is 0 Å². The van der Waals surface area contributed by atoms with Gasteiger partial charge in [0.15, 0.2) is 0 Å². The summed E-state index contributed by atoms with van der Waals surface area (Å²) in [5.41, 5.74) is 5.53. The average Bonchev–Trinajstić information content (AvgIpc) is 2.75. The van der Waals surface area contributed by atoms with Crippen LogP contribution in [0.25, 0.3) is 0 Å². The lowest BCUT2D eigenvalue weighted by molar-refractivity contribution is 1.16. The van der Waals surface area contributed by atoms with Crippen LogP contribution < -0.4 is 5.32 Å². The molecule has 0 atom stereocenters. The molecule has 0 fully saturated rings. The van der Waals surface area contributed by atoms with Gasteiger partial charge in [0.05, 0.1) is 12.1 Å². The summed E-state index contributed by atoms with van der Waals surface area (Å²) in [4.78, 5) is 5.30. The SMILES string of the molecule is Cc1cc(NCc2cncs2)cc(C)c1Br. The fourth-order valence-corrected chi connectivity index (χ4v) is 2.33. The lowest BCUT2D eigenvalue weighted by Crippen LogP contribution is -1.98. The van der Waals surface area contributed by atoms with Gasteiger partial charge in [-0.05, 0) is 37.1 Å². The maximum Gasteiger partial charge on any atom is 0.0794 e. The van der Waals surface area contributed by atoms with Crippen LogP contribution in [0.3, 0.4) is 0 Å². The number of nitrogens with zero attached hydrogens (tertiary/aromatic N) is 1. The van der Waals surface area contributed by atoms with Crippen LogP contribution in [-0.2, 0) is 6.54 Å². The zero-order valence-electron chi connectivity index (χ0n) is 9.25. The summed E-state index contributed by atoms with van der Waals surface area (Å²) >= 11 is 5.24. The van der Waals surface area contributed by atoms with Gasteiger partial charge in [-0.3, -0.25) is 4.98 Å². The second-order valence-electron chi connectivity index (χ2n) is 3.75. The van der Waals surface area contributed by atoms with Crippen LogP contribution in [0.2, 0.25) is 0 Å². The van der Waals surface area contributed by atoms with Crippen LogP contribution in [-0.4, -0.2) is 4.98 Å². The van der Waals surface area contributed by atoms with Crippen LogP contribution in [0.15, 0.2) is 28.3 Å². The highest BCUT2D eigenvalue weighted by atomic mass is 79.9. The van der Waals surface area contributed by atoms with Crippen LogP contribution in [0, 0.1) is 13.8 Å². The first-order chi connectivity index (χ1) is 7.66. The topological polar surface area (TPSA) is 24.9 Å². The predicted molar refractivity (Wildman–Crippen MR) is 73.1 cm³/mol. The molecule has 0 amide bonds. The monoisotopic (exact) mass is 296 g/mol. The molecule has 0 aliphatic rings. The third-order valence-corrected chi connectivity index (χ3v) is 4.42. The van der Waals surface area contributed by atoms with Gasteiger partial charge in [0, 0.05) is 21.2 Å². The van der Waals surface area contributed by atoms with E-state index in [1.54, 1.807) is 11.3 Å². The van der Waals surface area contributed by atoms with Gasteiger partial charge >= 0.3 is 0 Å². The second kappa shape index (κ2) is 4.97. The smallest absolute Gasteiger partial charge is 0.0794 e. The Bertz CT molecular complexity index is 457. The molecule has 84 valence electrons. The molecule has 1 aromatic heterocycles. The largest absolute Gasteiger partial charge is 0.380 e. The molecule has 1 aromatic carbocycles. The molecular formula is C12H13BrN2S. The minimum absolute atomic E-state index is 0.838. The number of hydrogen-bond acceptors (Lipinski definition) is 3. The minimum Gasteiger partial charge on any atom is -0.380 e. The van der Waals surface area contributed by atoms with E-state index in [0.717, 1.165) is 12.2 Å². The molecular weight excluding hydrogens is 284 g/mol. The van der Waals surface area contributed by atoms with E-state index in [-0.39, 0.29) is 0 Å². The molecule has 0 radical (unpaired) electrons. The van der Waals surface area contributed by atoms with Gasteiger partial charge in [0.2, 0.25) is 0 Å². The van der Waals surface area contributed by atoms with E-state index in [9.17, 15) is 0 Å². The van der Waals surface area contributed by atoms with Crippen molar-refractivity contribution >= 4 is 33.0 Å². The first-order valence-electron chi connectivity index (χ1n) is 5.05. The third-order valence-electron chi connectivity index (χ3n) is 2.39. The number of hydrogen-bond donors (Lipinski definition) is 1. The van der Waals surface area contributed by atoms with E-state index in [0.29, 0.717) is 0 Å². The maximum absolute atomic E-state index is 4.05. The Morgan fingerprint density at radius 1 is 1.31 bits per heavy atom. The molecule has 0 spiro atoms. The van der Waals surface area contributed by atoms with E-state index >= 15 is 0 Å². The van der Waals surface area contributed by atoms with Gasteiger partial charge in [-0.15, -0.1) is 11.3 Å². The highest BCUT2D eigenvalue weighted by molar-refractivity contribution is 9.10. The highest BCUT2D eigenvalue weighted by Gasteiger charge is 2.02. The van der Waals surface area contributed by atoms with Gasteiger partial charge in [0.1, 0.15) is 0 Å². The van der Waals surface area contributed by atoms with Crippen molar-refractivity contribution in [3.8, 4) is 0 Å². The number of nitrogens with one attached hydrogen (secondary N) is 1. The summed E-state index contributed by atoms with van der Waals surface area (Å²) < 4.78 is 1.19. The van der Waals surface area contributed by atoms with E-state index in [2.05, 4.69) is 52.2 Å². The van der Waals surface area contributed by atoms with Crippen LogP contribution in [0.5, 0.6) is 0 Å². The molecule has 4 heteroatoms. The van der Waals surface area contributed by atoms with Crippen LogP contribution in [0.4, 0.5) is 5.69 Å². The fourth-order valence-electron chi connectivity index (χ4n) is 1.57. The van der Waals surface area contributed by atoms with Gasteiger partial charge in [0.25, 0.3) is 0 Å². The number of aromatic nitrogens is 1. The van der Waals surface area contributed by atoms with E-state index < -0.39 is 0 Å². The average molecular weight is 297 g/mol. The highest BCUT2D eigenvalue weighted by Crippen LogP contribution is 2.25. The maximum atomic E-state index is 4.05. The standard InChI is InChI=1S/C12H13BrN2S/c1-8-3-10(4-9(2)12(8)13)15-6-11-5-14-7-16-11/h3-5,7,15H,6H2,1-2H3. The molecule has 0 aliphatic carbocycles. The van der Waals surface area contributed by atoms with Crippen molar-refractivity contribution in [2.24, 2.45) is 0 Å². The first-order valence-corrected chi connectivity index (χ1v) is 6.72. The van der Waals surface area contributed by atoms with E-state index in [4.69, 9.17) is 0 Å². The Kier molecular flexibility index (Phi) is 3.61. The number of halogens is 1. The summed E-state index contributed by atoms with van der Waals surface area (Å²) in [6.45, 7) is 5.05. The Hall–Kier alpha value is -0.870. The zero-order chi connectivity index (χ0) is 11.5. The fraction of sp³-hybridized carbons (Fsp3) is 0.250. The van der Waals surface area contributed by atoms with Gasteiger partial charge in [-0.25, -0.2) is 0 Å². The Labute approximate surface area is 108 Å². The molecule has 2 aromatic rings. The molecule has 0 unspecified atom stereocenters. The minimum atomic E-state index is 0.838. The second-order valence-corrected chi connectivity index (χ2v) is 5.51. The number of aryl methyl sites for hydroxylation is 2. The lowest BCUT2D eigenvalue weighted by Gasteiger charge is -2.09. The van der Waals surface area contributed by atoms with E-state index in [1.807, 2.05) is 11.7 Å². The Balaban J connectivity index is 2.10. The molecule has 1 heterocycles. The summed E-state index contributed by atoms with van der Waals surface area (Å²) in [5, 5.41) is 3.41. The van der Waals surface area contributed by atoms with Crippen molar-refractivity contribution in [3.63, 3.8) is 0 Å². The zero-order valence-corrected chi connectivity index (χ0v) is 11.7. The van der Waals surface area contributed by atoms with Crippen LogP contribution >= 0.6 is 27.3 Å². The van der Waals surface area contributed by atoms with E-state index in [1.165, 1.54) is 20.5 Å². The summed E-state index contributed by atoms with van der Waals surface area (Å²) in [6.07, 6.45) is 1.90. The number of benzene rings is 1. The number of anilines is 1. The first kappa shape index (κ1) is 11.6. The normalized spacial score (nSPS) is 10.4. The van der Waals surface area contributed by atoms with Crippen molar-refractivity contribution in [1.82, 2.24) is 4.98 Å². The number of thiazole rings is 1. The van der Waals surface area contributed by atoms with Gasteiger partial charge < -0.3 is 5.32 Å². The Morgan fingerprint density at radius 3 is 2.56 bits per heavy atom. The summed E-state index contributed by atoms with van der Waals surface area (Å²) in [7, 11) is 0.